The Morgan fingerprint density at radius 3 is 2.31 bits per heavy atom. The molecule has 0 N–H and O–H groups in total. The van der Waals surface area contributed by atoms with Gasteiger partial charge in [-0.3, -0.25) is 4.79 Å². The molecule has 0 bridgehead atoms. The first-order chi connectivity index (χ1) is 13.4. The highest BCUT2D eigenvalue weighted by Gasteiger charge is 2.68. The molecular weight excluding hydrogens is 386 g/mol. The van der Waals surface area contributed by atoms with Gasteiger partial charge in [-0.2, -0.15) is 0 Å². The molecule has 0 spiro atoms. The van der Waals surface area contributed by atoms with Crippen molar-refractivity contribution in [3.8, 4) is 0 Å². The molecule has 158 valence electrons. The first kappa shape index (κ1) is 20.6. The lowest BCUT2D eigenvalue weighted by molar-refractivity contribution is 0.0616. The third-order valence-electron chi connectivity index (χ3n) is 7.63. The molecule has 1 aromatic heterocycles. The van der Waals surface area contributed by atoms with E-state index in [9.17, 15) is 13.2 Å². The summed E-state index contributed by atoms with van der Waals surface area (Å²) in [6, 6.07) is 5.15. The molecule has 4 rings (SSSR count). The van der Waals surface area contributed by atoms with Gasteiger partial charge in [-0.25, -0.2) is 8.42 Å². The summed E-state index contributed by atoms with van der Waals surface area (Å²) in [6.45, 7) is 10.9. The maximum Gasteiger partial charge on any atom is 0.175 e. The number of carbonyl (C=O) groups is 1. The van der Waals surface area contributed by atoms with E-state index >= 15 is 0 Å². The summed E-state index contributed by atoms with van der Waals surface area (Å²) in [5.41, 5.74) is 1.48. The van der Waals surface area contributed by atoms with Gasteiger partial charge in [0, 0.05) is 49.1 Å². The minimum absolute atomic E-state index is 0.0216. The molecule has 6 heteroatoms. The lowest BCUT2D eigenvalue weighted by Crippen LogP contribution is -2.20. The number of ether oxygens (including phenoxy) is 1. The van der Waals surface area contributed by atoms with Gasteiger partial charge in [-0.15, -0.1) is 0 Å². The third kappa shape index (κ3) is 3.34. The smallest absolute Gasteiger partial charge is 0.175 e. The molecule has 1 saturated heterocycles. The molecule has 2 aromatic rings. The number of Topliss-reactive ketones (excluding diaryl/α,β-unsaturated/α-hetero) is 1. The van der Waals surface area contributed by atoms with E-state index in [0.29, 0.717) is 10.8 Å². The summed E-state index contributed by atoms with van der Waals surface area (Å²) in [4.78, 5) is 13.8. The Kier molecular flexibility index (Phi) is 4.74. The van der Waals surface area contributed by atoms with Gasteiger partial charge in [-0.1, -0.05) is 33.8 Å². The Labute approximate surface area is 173 Å². The standard InChI is InChI=1S/C23H31NO4S/c1-22(2)21(23(22,3)4)20(25)18-14-24(13-15-8-10-28-11-9-15)19-12-16(29(5,26)27)6-7-17(18)19/h6-7,12,14-15,21H,8-11,13H2,1-5H3. The fourth-order valence-corrected chi connectivity index (χ4v) is 5.71. The summed E-state index contributed by atoms with van der Waals surface area (Å²) in [5, 5.41) is 0.855. The Morgan fingerprint density at radius 1 is 1.14 bits per heavy atom. The predicted molar refractivity (Wildman–Crippen MR) is 114 cm³/mol. The fourth-order valence-electron chi connectivity index (χ4n) is 5.06. The zero-order chi connectivity index (χ0) is 21.2. The number of ketones is 1. The van der Waals surface area contributed by atoms with Gasteiger partial charge < -0.3 is 9.30 Å². The average Bonchev–Trinajstić information content (AvgIpc) is 2.90. The summed E-state index contributed by atoms with van der Waals surface area (Å²) >= 11 is 0. The van der Waals surface area contributed by atoms with Crippen LogP contribution in [-0.4, -0.2) is 38.2 Å². The Hall–Kier alpha value is -1.66. The van der Waals surface area contributed by atoms with E-state index < -0.39 is 9.84 Å². The number of rotatable bonds is 5. The monoisotopic (exact) mass is 417 g/mol. The molecule has 1 aliphatic carbocycles. The van der Waals surface area contributed by atoms with Crippen LogP contribution in [0.5, 0.6) is 0 Å². The van der Waals surface area contributed by atoms with Crippen LogP contribution in [0.3, 0.4) is 0 Å². The lowest BCUT2D eigenvalue weighted by atomic mass is 10.0. The molecule has 2 heterocycles. The molecule has 0 atom stereocenters. The summed E-state index contributed by atoms with van der Waals surface area (Å²) in [7, 11) is -3.31. The molecule has 2 fully saturated rings. The normalized spacial score (nSPS) is 22.1. The van der Waals surface area contributed by atoms with E-state index in [4.69, 9.17) is 4.74 Å². The van der Waals surface area contributed by atoms with E-state index in [1.165, 1.54) is 6.26 Å². The van der Waals surface area contributed by atoms with Crippen LogP contribution >= 0.6 is 0 Å². The number of hydrogen-bond acceptors (Lipinski definition) is 4. The number of benzene rings is 1. The maximum absolute atomic E-state index is 13.5. The number of hydrogen-bond donors (Lipinski definition) is 0. The molecule has 0 radical (unpaired) electrons. The van der Waals surface area contributed by atoms with Gasteiger partial charge in [0.25, 0.3) is 0 Å². The van der Waals surface area contributed by atoms with Crippen molar-refractivity contribution in [1.82, 2.24) is 4.57 Å². The van der Waals surface area contributed by atoms with Gasteiger partial charge in [-0.05, 0) is 41.7 Å². The first-order valence-electron chi connectivity index (χ1n) is 10.4. The van der Waals surface area contributed by atoms with Crippen LogP contribution in [0.2, 0.25) is 0 Å². The van der Waals surface area contributed by atoms with Crippen molar-refractivity contribution in [3.05, 3.63) is 30.0 Å². The van der Waals surface area contributed by atoms with Crippen molar-refractivity contribution >= 4 is 26.5 Å². The molecule has 1 saturated carbocycles. The van der Waals surface area contributed by atoms with Crippen molar-refractivity contribution in [2.75, 3.05) is 19.5 Å². The average molecular weight is 418 g/mol. The zero-order valence-electron chi connectivity index (χ0n) is 18.0. The molecule has 2 aliphatic rings. The van der Waals surface area contributed by atoms with Crippen LogP contribution in [0.25, 0.3) is 10.9 Å². The molecule has 1 aromatic carbocycles. The molecule has 0 amide bonds. The van der Waals surface area contributed by atoms with Crippen molar-refractivity contribution in [2.45, 2.75) is 52.0 Å². The minimum Gasteiger partial charge on any atom is -0.381 e. The number of nitrogens with zero attached hydrogens (tertiary/aromatic N) is 1. The highest BCUT2D eigenvalue weighted by Crippen LogP contribution is 2.69. The van der Waals surface area contributed by atoms with Crippen LogP contribution < -0.4 is 0 Å². The van der Waals surface area contributed by atoms with Crippen LogP contribution in [0.1, 0.15) is 50.9 Å². The number of fused-ring (bicyclic) bond motifs is 1. The number of aromatic nitrogens is 1. The lowest BCUT2D eigenvalue weighted by Gasteiger charge is -2.22. The number of carbonyl (C=O) groups excluding carboxylic acids is 1. The second kappa shape index (κ2) is 6.67. The van der Waals surface area contributed by atoms with E-state index in [2.05, 4.69) is 32.3 Å². The largest absolute Gasteiger partial charge is 0.381 e. The van der Waals surface area contributed by atoms with Crippen LogP contribution in [-0.2, 0) is 21.1 Å². The van der Waals surface area contributed by atoms with E-state index in [-0.39, 0.29) is 22.5 Å². The highest BCUT2D eigenvalue weighted by atomic mass is 32.2. The predicted octanol–water partition coefficient (Wildman–Crippen LogP) is 4.34. The fraction of sp³-hybridized carbons (Fsp3) is 0.609. The molecule has 1 aliphatic heterocycles. The van der Waals surface area contributed by atoms with Crippen LogP contribution in [0.4, 0.5) is 0 Å². The van der Waals surface area contributed by atoms with Gasteiger partial charge in [0.05, 0.1) is 10.4 Å². The van der Waals surface area contributed by atoms with Gasteiger partial charge in [0.15, 0.2) is 15.6 Å². The van der Waals surface area contributed by atoms with Gasteiger partial charge >= 0.3 is 0 Å². The highest BCUT2D eigenvalue weighted by molar-refractivity contribution is 7.90. The Balaban J connectivity index is 1.80. The van der Waals surface area contributed by atoms with Gasteiger partial charge in [0.1, 0.15) is 0 Å². The first-order valence-corrected chi connectivity index (χ1v) is 12.3. The van der Waals surface area contributed by atoms with E-state index in [1.807, 2.05) is 12.3 Å². The summed E-state index contributed by atoms with van der Waals surface area (Å²) in [5.74, 6) is 0.618. The van der Waals surface area contributed by atoms with Crippen LogP contribution in [0.15, 0.2) is 29.3 Å². The second-order valence-corrected chi connectivity index (χ2v) is 12.0. The van der Waals surface area contributed by atoms with E-state index in [1.54, 1.807) is 12.1 Å². The zero-order valence-corrected chi connectivity index (χ0v) is 18.8. The van der Waals surface area contributed by atoms with E-state index in [0.717, 1.165) is 49.1 Å². The molecule has 29 heavy (non-hydrogen) atoms. The summed E-state index contributed by atoms with van der Waals surface area (Å²) < 4.78 is 31.8. The molecule has 0 unspecified atom stereocenters. The topological polar surface area (TPSA) is 65.4 Å². The van der Waals surface area contributed by atoms with Crippen LogP contribution in [0, 0.1) is 22.7 Å². The third-order valence-corrected chi connectivity index (χ3v) is 8.74. The summed E-state index contributed by atoms with van der Waals surface area (Å²) in [6.07, 6.45) is 5.15. The van der Waals surface area contributed by atoms with Crippen molar-refractivity contribution in [2.24, 2.45) is 22.7 Å². The Morgan fingerprint density at radius 2 is 1.76 bits per heavy atom. The minimum atomic E-state index is -3.31. The van der Waals surface area contributed by atoms with Crippen molar-refractivity contribution in [1.29, 1.82) is 0 Å². The maximum atomic E-state index is 13.5. The quantitative estimate of drug-likeness (QED) is 0.679. The van der Waals surface area contributed by atoms with Gasteiger partial charge in [0.2, 0.25) is 0 Å². The second-order valence-electron chi connectivity index (χ2n) is 9.94. The molecular formula is C23H31NO4S. The Bertz CT molecular complexity index is 1060. The molecule has 5 nitrogen and oxygen atoms in total. The van der Waals surface area contributed by atoms with Crippen molar-refractivity contribution < 1.29 is 17.9 Å². The van der Waals surface area contributed by atoms with Crippen molar-refractivity contribution in [3.63, 3.8) is 0 Å². The SMILES string of the molecule is CC1(C)C(C(=O)c2cn(CC3CCOCC3)c3cc(S(C)(=O)=O)ccc23)C1(C)C. The number of sulfone groups is 1.